The number of hydrogen-bond donors (Lipinski definition) is 4. The minimum atomic E-state index is -1.78. The number of fused-ring (bicyclic) bond motifs is 1. The summed E-state index contributed by atoms with van der Waals surface area (Å²) in [4.78, 5) is 62.9. The monoisotopic (exact) mass is 505 g/mol. The summed E-state index contributed by atoms with van der Waals surface area (Å²) in [5, 5.41) is 9.08. The molecule has 0 aliphatic carbocycles. The summed E-state index contributed by atoms with van der Waals surface area (Å²) < 4.78 is 20.1. The van der Waals surface area contributed by atoms with Crippen molar-refractivity contribution in [3.8, 4) is 17.6 Å². The summed E-state index contributed by atoms with van der Waals surface area (Å²) >= 11 is 0. The van der Waals surface area contributed by atoms with Gasteiger partial charge >= 0.3 is 12.1 Å². The molecule has 2 saturated heterocycles. The molecule has 1 unspecified atom stereocenters. The first-order chi connectivity index (χ1) is 17.5. The second-order valence-electron chi connectivity index (χ2n) is 8.98. The van der Waals surface area contributed by atoms with E-state index in [-0.39, 0.29) is 30.1 Å². The van der Waals surface area contributed by atoms with E-state index in [0.717, 1.165) is 11.6 Å². The minimum Gasteiger partial charge on any atom is -0.497 e. The van der Waals surface area contributed by atoms with E-state index in [2.05, 4.69) is 33.1 Å². The van der Waals surface area contributed by atoms with Crippen molar-refractivity contribution in [3.63, 3.8) is 0 Å². The molecule has 5 rings (SSSR count). The topological polar surface area (TPSA) is 146 Å². The quantitative estimate of drug-likeness (QED) is 0.351. The van der Waals surface area contributed by atoms with Crippen molar-refractivity contribution in [1.29, 1.82) is 0 Å². The molecule has 2 atom stereocenters. The zero-order valence-electron chi connectivity index (χ0n) is 19.7. The minimum absolute atomic E-state index is 0.0705. The van der Waals surface area contributed by atoms with Crippen LogP contribution >= 0.6 is 0 Å². The van der Waals surface area contributed by atoms with Crippen molar-refractivity contribution < 1.29 is 33.1 Å². The van der Waals surface area contributed by atoms with Crippen LogP contribution in [-0.4, -0.2) is 53.9 Å². The molecule has 0 radical (unpaired) electrons. The summed E-state index contributed by atoms with van der Waals surface area (Å²) in [5.41, 5.74) is -2.15. The molecule has 7 amide bonds. The van der Waals surface area contributed by atoms with Gasteiger partial charge in [-0.1, -0.05) is 24.0 Å². The first kappa shape index (κ1) is 23.8. The number of imide groups is 2. The molecule has 2 aromatic carbocycles. The molecule has 11 nitrogen and oxygen atoms in total. The van der Waals surface area contributed by atoms with Crippen LogP contribution in [0.3, 0.4) is 0 Å². The number of urea groups is 2. The summed E-state index contributed by atoms with van der Waals surface area (Å²) in [5.74, 6) is 3.28. The van der Waals surface area contributed by atoms with Crippen molar-refractivity contribution in [2.45, 2.75) is 24.5 Å². The van der Waals surface area contributed by atoms with E-state index in [4.69, 9.17) is 4.74 Å². The second kappa shape index (κ2) is 8.34. The lowest BCUT2D eigenvalue weighted by Crippen LogP contribution is -2.54. The fourth-order valence-corrected chi connectivity index (χ4v) is 4.52. The number of ether oxygens (including phenoxy) is 1. The molecule has 3 aliphatic rings. The number of methoxy groups -OCH3 is 1. The number of hydrogen-bond acceptors (Lipinski definition) is 6. The maximum absolute atomic E-state index is 15.0. The molecule has 0 spiro atoms. The normalized spacial score (nSPS) is 24.1. The van der Waals surface area contributed by atoms with Crippen molar-refractivity contribution >= 4 is 29.8 Å². The highest BCUT2D eigenvalue weighted by Gasteiger charge is 2.48. The number of carbonyl (C=O) groups is 5. The van der Waals surface area contributed by atoms with Crippen molar-refractivity contribution in [3.05, 3.63) is 64.5 Å². The summed E-state index contributed by atoms with van der Waals surface area (Å²) in [7, 11) is 1.48. The highest BCUT2D eigenvalue weighted by Crippen LogP contribution is 2.29. The Kier molecular flexibility index (Phi) is 5.36. The molecule has 4 N–H and O–H groups in total. The van der Waals surface area contributed by atoms with Crippen molar-refractivity contribution in [2.75, 3.05) is 13.7 Å². The van der Waals surface area contributed by atoms with Crippen LogP contribution in [0.4, 0.5) is 14.0 Å². The summed E-state index contributed by atoms with van der Waals surface area (Å²) in [6.07, 6.45) is 0. The first-order valence-corrected chi connectivity index (χ1v) is 11.1. The Bertz CT molecular complexity index is 1480. The molecule has 0 bridgehead atoms. The van der Waals surface area contributed by atoms with Crippen molar-refractivity contribution in [2.24, 2.45) is 0 Å². The summed E-state index contributed by atoms with van der Waals surface area (Å²) in [6, 6.07) is 7.32. The standard InChI is InChI=1S/C25H20FN5O6/c1-24(20(33)27-22(35)29-24)17-6-3-13(9-18(17)26)7-8-25(21(34)28-23(36)30-25)12-31-11-14-4-5-15(37-2)10-16(14)19(31)32/h3-6,9-10H,11-12H2,1-2H3,(H2,27,29,33,35)(H2,28,30,34,36)/t24?,25-/m1/s1. The number of benzene rings is 2. The van der Waals surface area contributed by atoms with E-state index in [1.165, 1.54) is 31.1 Å². The average molecular weight is 505 g/mol. The molecular weight excluding hydrogens is 485 g/mol. The van der Waals surface area contributed by atoms with Gasteiger partial charge in [0, 0.05) is 23.2 Å². The molecule has 37 heavy (non-hydrogen) atoms. The van der Waals surface area contributed by atoms with E-state index < -0.39 is 40.8 Å². The third-order valence-corrected chi connectivity index (χ3v) is 6.54. The fourth-order valence-electron chi connectivity index (χ4n) is 4.52. The van der Waals surface area contributed by atoms with Crippen LogP contribution in [0.2, 0.25) is 0 Å². The van der Waals surface area contributed by atoms with Crippen LogP contribution in [0.1, 0.15) is 34.0 Å². The molecule has 2 aromatic rings. The molecule has 3 heterocycles. The highest BCUT2D eigenvalue weighted by atomic mass is 19.1. The van der Waals surface area contributed by atoms with Crippen LogP contribution < -0.4 is 26.0 Å². The Hall–Kier alpha value is -4.92. The Morgan fingerprint density at radius 3 is 2.35 bits per heavy atom. The lowest BCUT2D eigenvalue weighted by Gasteiger charge is -2.26. The second-order valence-corrected chi connectivity index (χ2v) is 8.98. The Morgan fingerprint density at radius 2 is 1.73 bits per heavy atom. The third kappa shape index (κ3) is 3.90. The van der Waals surface area contributed by atoms with Crippen LogP contribution in [0.15, 0.2) is 36.4 Å². The zero-order valence-corrected chi connectivity index (χ0v) is 19.7. The number of halogens is 1. The van der Waals surface area contributed by atoms with Gasteiger partial charge in [-0.05, 0) is 36.8 Å². The van der Waals surface area contributed by atoms with Gasteiger partial charge in [0.25, 0.3) is 17.7 Å². The predicted octanol–water partition coefficient (Wildman–Crippen LogP) is 0.475. The number of rotatable bonds is 4. The maximum Gasteiger partial charge on any atom is 0.323 e. The van der Waals surface area contributed by atoms with E-state index in [1.807, 2.05) is 0 Å². The van der Waals surface area contributed by atoms with Crippen LogP contribution in [-0.2, 0) is 21.7 Å². The van der Waals surface area contributed by atoms with Gasteiger partial charge in [0.1, 0.15) is 17.1 Å². The molecule has 0 aromatic heterocycles. The molecule has 0 saturated carbocycles. The van der Waals surface area contributed by atoms with Crippen LogP contribution in [0.5, 0.6) is 5.75 Å². The highest BCUT2D eigenvalue weighted by molar-refractivity contribution is 6.10. The van der Waals surface area contributed by atoms with Crippen molar-refractivity contribution in [1.82, 2.24) is 26.2 Å². The number of amides is 7. The largest absolute Gasteiger partial charge is 0.497 e. The van der Waals surface area contributed by atoms with Gasteiger partial charge in [0.05, 0.1) is 13.7 Å². The summed E-state index contributed by atoms with van der Waals surface area (Å²) in [6.45, 7) is 1.31. The number of carbonyl (C=O) groups excluding carboxylic acids is 5. The van der Waals surface area contributed by atoms with E-state index >= 15 is 0 Å². The maximum atomic E-state index is 15.0. The van der Waals surface area contributed by atoms with Gasteiger partial charge < -0.3 is 20.3 Å². The molecule has 3 aliphatic heterocycles. The number of nitrogens with one attached hydrogen (secondary N) is 4. The smallest absolute Gasteiger partial charge is 0.323 e. The number of nitrogens with zero attached hydrogens (tertiary/aromatic N) is 1. The Labute approximate surface area is 209 Å². The van der Waals surface area contributed by atoms with Crippen LogP contribution in [0, 0.1) is 17.7 Å². The molecule has 188 valence electrons. The van der Waals surface area contributed by atoms with Gasteiger partial charge in [0.2, 0.25) is 5.54 Å². The predicted molar refractivity (Wildman–Crippen MR) is 124 cm³/mol. The molecule has 2 fully saturated rings. The van der Waals surface area contributed by atoms with Gasteiger partial charge in [-0.3, -0.25) is 25.0 Å². The fraction of sp³-hybridized carbons (Fsp3) is 0.240. The van der Waals surface area contributed by atoms with E-state index in [0.29, 0.717) is 11.3 Å². The van der Waals surface area contributed by atoms with Gasteiger partial charge in [-0.2, -0.15) is 0 Å². The third-order valence-electron chi connectivity index (χ3n) is 6.54. The zero-order chi connectivity index (χ0) is 26.5. The lowest BCUT2D eigenvalue weighted by molar-refractivity contribution is -0.124. The van der Waals surface area contributed by atoms with Gasteiger partial charge in [0.15, 0.2) is 0 Å². The lowest BCUT2D eigenvalue weighted by atomic mass is 9.91. The SMILES string of the molecule is COc1ccc2c(c1)C(=O)N(C[C@@]1(C#Cc3ccc(C4(C)NC(=O)NC4=O)c(F)c3)NC(=O)NC1=O)C2. The van der Waals surface area contributed by atoms with Gasteiger partial charge in [-0.25, -0.2) is 14.0 Å². The van der Waals surface area contributed by atoms with E-state index in [1.54, 1.807) is 18.2 Å². The van der Waals surface area contributed by atoms with Crippen LogP contribution in [0.25, 0.3) is 0 Å². The van der Waals surface area contributed by atoms with Gasteiger partial charge in [-0.15, -0.1) is 0 Å². The van der Waals surface area contributed by atoms with E-state index in [9.17, 15) is 28.4 Å². The Morgan fingerprint density at radius 1 is 1.00 bits per heavy atom. The first-order valence-electron chi connectivity index (χ1n) is 11.1. The molecule has 12 heteroatoms. The molecular formula is C25H20FN5O6. The average Bonchev–Trinajstić information content (AvgIpc) is 3.41. The Balaban J connectivity index is 1.44.